The standard InChI is InChI=1S/C8H16N4/c1-2-3-4-5-12-8(10)7(9)6-11-12/h6H,2-5,9-10H2,1H3. The Labute approximate surface area is 72.5 Å². The molecule has 0 atom stereocenters. The Balaban J connectivity index is 2.46. The van der Waals surface area contributed by atoms with Gasteiger partial charge in [-0.3, -0.25) is 0 Å². The fourth-order valence-corrected chi connectivity index (χ4v) is 1.10. The predicted molar refractivity (Wildman–Crippen MR) is 50.6 cm³/mol. The van der Waals surface area contributed by atoms with Crippen LogP contribution in [0.4, 0.5) is 11.5 Å². The first-order valence-corrected chi connectivity index (χ1v) is 4.32. The van der Waals surface area contributed by atoms with Crippen molar-refractivity contribution in [3.05, 3.63) is 6.20 Å². The molecule has 0 aliphatic rings. The van der Waals surface area contributed by atoms with E-state index in [2.05, 4.69) is 12.0 Å². The molecular formula is C8H16N4. The van der Waals surface area contributed by atoms with Crippen LogP contribution in [0, 0.1) is 0 Å². The van der Waals surface area contributed by atoms with Gasteiger partial charge in [-0.2, -0.15) is 5.10 Å². The second kappa shape index (κ2) is 3.99. The summed E-state index contributed by atoms with van der Waals surface area (Å²) in [7, 11) is 0. The summed E-state index contributed by atoms with van der Waals surface area (Å²) in [5.74, 6) is 0.589. The summed E-state index contributed by atoms with van der Waals surface area (Å²) >= 11 is 0. The van der Waals surface area contributed by atoms with Crippen molar-refractivity contribution >= 4 is 11.5 Å². The lowest BCUT2D eigenvalue weighted by Crippen LogP contribution is -2.05. The molecule has 4 heteroatoms. The van der Waals surface area contributed by atoms with Gasteiger partial charge in [0.15, 0.2) is 0 Å². The van der Waals surface area contributed by atoms with Crippen LogP contribution in [-0.2, 0) is 6.54 Å². The molecule has 0 fully saturated rings. The lowest BCUT2D eigenvalue weighted by Gasteiger charge is -2.02. The molecule has 0 spiro atoms. The minimum atomic E-state index is 0.575. The number of nitrogen functional groups attached to an aromatic ring is 2. The van der Waals surface area contributed by atoms with Crippen molar-refractivity contribution in [2.45, 2.75) is 32.7 Å². The van der Waals surface area contributed by atoms with Crippen molar-refractivity contribution in [2.24, 2.45) is 0 Å². The number of rotatable bonds is 4. The minimum Gasteiger partial charge on any atom is -0.394 e. The fourth-order valence-electron chi connectivity index (χ4n) is 1.10. The Kier molecular flexibility index (Phi) is 2.96. The number of nitrogens with zero attached hydrogens (tertiary/aromatic N) is 2. The summed E-state index contributed by atoms with van der Waals surface area (Å²) in [6.45, 7) is 3.04. The maximum atomic E-state index is 5.66. The minimum absolute atomic E-state index is 0.575. The van der Waals surface area contributed by atoms with Gasteiger partial charge in [0.1, 0.15) is 5.82 Å². The second-order valence-electron chi connectivity index (χ2n) is 2.92. The zero-order valence-electron chi connectivity index (χ0n) is 7.45. The van der Waals surface area contributed by atoms with Crippen molar-refractivity contribution in [2.75, 3.05) is 11.5 Å². The van der Waals surface area contributed by atoms with E-state index in [4.69, 9.17) is 11.5 Å². The molecule has 0 amide bonds. The number of hydrogen-bond donors (Lipinski definition) is 2. The van der Waals surface area contributed by atoms with E-state index in [1.807, 2.05) is 0 Å². The number of aromatic nitrogens is 2. The zero-order valence-corrected chi connectivity index (χ0v) is 7.45. The van der Waals surface area contributed by atoms with Crippen LogP contribution in [0.2, 0.25) is 0 Å². The van der Waals surface area contributed by atoms with Gasteiger partial charge >= 0.3 is 0 Å². The molecular weight excluding hydrogens is 152 g/mol. The third-order valence-electron chi connectivity index (χ3n) is 1.88. The van der Waals surface area contributed by atoms with Gasteiger partial charge in [-0.05, 0) is 6.42 Å². The maximum absolute atomic E-state index is 5.66. The van der Waals surface area contributed by atoms with E-state index in [0.29, 0.717) is 11.5 Å². The number of unbranched alkanes of at least 4 members (excludes halogenated alkanes) is 2. The monoisotopic (exact) mass is 168 g/mol. The van der Waals surface area contributed by atoms with Crippen LogP contribution in [0.3, 0.4) is 0 Å². The SMILES string of the molecule is CCCCCn1ncc(N)c1N. The van der Waals surface area contributed by atoms with E-state index in [1.165, 1.54) is 12.8 Å². The summed E-state index contributed by atoms with van der Waals surface area (Å²) in [4.78, 5) is 0. The van der Waals surface area contributed by atoms with Crippen molar-refractivity contribution in [1.29, 1.82) is 0 Å². The summed E-state index contributed by atoms with van der Waals surface area (Å²) in [5.41, 5.74) is 11.8. The van der Waals surface area contributed by atoms with Crippen LogP contribution in [0.15, 0.2) is 6.20 Å². The highest BCUT2D eigenvalue weighted by Gasteiger charge is 2.01. The lowest BCUT2D eigenvalue weighted by molar-refractivity contribution is 0.559. The fraction of sp³-hybridized carbons (Fsp3) is 0.625. The number of anilines is 2. The van der Waals surface area contributed by atoms with Crippen molar-refractivity contribution < 1.29 is 0 Å². The normalized spacial score (nSPS) is 10.4. The molecule has 0 aliphatic carbocycles. The molecule has 1 aromatic heterocycles. The summed E-state index contributed by atoms with van der Waals surface area (Å²) in [6.07, 6.45) is 5.12. The Morgan fingerprint density at radius 1 is 1.42 bits per heavy atom. The van der Waals surface area contributed by atoms with Crippen LogP contribution >= 0.6 is 0 Å². The van der Waals surface area contributed by atoms with E-state index in [1.54, 1.807) is 10.9 Å². The number of nitrogens with two attached hydrogens (primary N) is 2. The molecule has 0 aromatic carbocycles. The van der Waals surface area contributed by atoms with Crippen LogP contribution in [0.1, 0.15) is 26.2 Å². The predicted octanol–water partition coefficient (Wildman–Crippen LogP) is 1.24. The molecule has 0 aliphatic heterocycles. The Hall–Kier alpha value is -1.19. The Morgan fingerprint density at radius 3 is 2.67 bits per heavy atom. The maximum Gasteiger partial charge on any atom is 0.145 e. The van der Waals surface area contributed by atoms with Crippen LogP contribution in [0.5, 0.6) is 0 Å². The molecule has 1 aromatic rings. The first kappa shape index (κ1) is 8.90. The molecule has 0 saturated heterocycles. The molecule has 12 heavy (non-hydrogen) atoms. The molecule has 1 heterocycles. The molecule has 0 radical (unpaired) electrons. The highest BCUT2D eigenvalue weighted by atomic mass is 15.3. The van der Waals surface area contributed by atoms with Gasteiger partial charge < -0.3 is 11.5 Å². The van der Waals surface area contributed by atoms with Gasteiger partial charge in [-0.25, -0.2) is 4.68 Å². The average molecular weight is 168 g/mol. The molecule has 68 valence electrons. The number of aryl methyl sites for hydroxylation is 1. The first-order chi connectivity index (χ1) is 5.75. The first-order valence-electron chi connectivity index (χ1n) is 4.32. The topological polar surface area (TPSA) is 69.9 Å². The Morgan fingerprint density at radius 2 is 2.17 bits per heavy atom. The lowest BCUT2D eigenvalue weighted by atomic mass is 10.2. The third-order valence-corrected chi connectivity index (χ3v) is 1.88. The van der Waals surface area contributed by atoms with Crippen molar-refractivity contribution in [3.8, 4) is 0 Å². The number of hydrogen-bond acceptors (Lipinski definition) is 3. The molecule has 0 bridgehead atoms. The van der Waals surface area contributed by atoms with E-state index in [9.17, 15) is 0 Å². The summed E-state index contributed by atoms with van der Waals surface area (Å²) in [6, 6.07) is 0. The van der Waals surface area contributed by atoms with E-state index >= 15 is 0 Å². The van der Waals surface area contributed by atoms with Gasteiger partial charge in [0.05, 0.1) is 11.9 Å². The molecule has 4 nitrogen and oxygen atoms in total. The van der Waals surface area contributed by atoms with Gasteiger partial charge in [-0.15, -0.1) is 0 Å². The second-order valence-corrected chi connectivity index (χ2v) is 2.92. The zero-order chi connectivity index (χ0) is 8.97. The summed E-state index contributed by atoms with van der Waals surface area (Å²) in [5, 5.41) is 4.05. The third kappa shape index (κ3) is 1.90. The molecule has 4 N–H and O–H groups in total. The van der Waals surface area contributed by atoms with Crippen LogP contribution in [0.25, 0.3) is 0 Å². The summed E-state index contributed by atoms with van der Waals surface area (Å²) < 4.78 is 1.75. The largest absolute Gasteiger partial charge is 0.394 e. The average Bonchev–Trinajstić information content (AvgIpc) is 2.36. The molecule has 0 saturated carbocycles. The quantitative estimate of drug-likeness (QED) is 0.664. The van der Waals surface area contributed by atoms with E-state index in [0.717, 1.165) is 13.0 Å². The highest BCUT2D eigenvalue weighted by Crippen LogP contribution is 2.13. The van der Waals surface area contributed by atoms with Crippen molar-refractivity contribution in [3.63, 3.8) is 0 Å². The van der Waals surface area contributed by atoms with E-state index < -0.39 is 0 Å². The van der Waals surface area contributed by atoms with Crippen molar-refractivity contribution in [1.82, 2.24) is 9.78 Å². The van der Waals surface area contributed by atoms with Crippen LogP contribution in [-0.4, -0.2) is 9.78 Å². The van der Waals surface area contributed by atoms with Crippen LogP contribution < -0.4 is 11.5 Å². The molecule has 0 unspecified atom stereocenters. The highest BCUT2D eigenvalue weighted by molar-refractivity contribution is 5.56. The van der Waals surface area contributed by atoms with Gasteiger partial charge in [-0.1, -0.05) is 19.8 Å². The van der Waals surface area contributed by atoms with Gasteiger partial charge in [0.2, 0.25) is 0 Å². The van der Waals surface area contributed by atoms with Gasteiger partial charge in [0.25, 0.3) is 0 Å². The van der Waals surface area contributed by atoms with E-state index in [-0.39, 0.29) is 0 Å². The smallest absolute Gasteiger partial charge is 0.145 e. The molecule has 1 rings (SSSR count). The Bertz CT molecular complexity index is 241. The van der Waals surface area contributed by atoms with Gasteiger partial charge in [0, 0.05) is 6.54 Å².